The van der Waals surface area contributed by atoms with Gasteiger partial charge in [0, 0.05) is 5.39 Å². The molecule has 0 spiro atoms. The van der Waals surface area contributed by atoms with Crippen LogP contribution in [-0.4, -0.2) is 5.11 Å². The maximum absolute atomic E-state index is 13.5. The number of fused-ring (bicyclic) bond motifs is 1. The van der Waals surface area contributed by atoms with Crippen LogP contribution in [-0.2, 0) is 6.42 Å². The van der Waals surface area contributed by atoms with E-state index in [2.05, 4.69) is 5.92 Å². The van der Waals surface area contributed by atoms with E-state index in [4.69, 9.17) is 6.42 Å². The maximum atomic E-state index is 13.5. The van der Waals surface area contributed by atoms with Crippen molar-refractivity contribution in [1.82, 2.24) is 0 Å². The first kappa shape index (κ1) is 14.1. The summed E-state index contributed by atoms with van der Waals surface area (Å²) < 4.78 is 13.5. The van der Waals surface area contributed by atoms with Gasteiger partial charge in [0.2, 0.25) is 0 Å². The maximum Gasteiger partial charge on any atom is 0.139 e. The van der Waals surface area contributed by atoms with Gasteiger partial charge in [0.1, 0.15) is 11.6 Å². The largest absolute Gasteiger partial charge is 0.508 e. The van der Waals surface area contributed by atoms with Crippen LogP contribution in [0, 0.1) is 18.2 Å². The van der Waals surface area contributed by atoms with E-state index in [1.165, 1.54) is 6.07 Å². The predicted molar refractivity (Wildman–Crippen MR) is 74.2 cm³/mol. The molecule has 0 fully saturated rings. The van der Waals surface area contributed by atoms with Crippen LogP contribution in [0.1, 0.15) is 31.9 Å². The highest BCUT2D eigenvalue weighted by Gasteiger charge is 2.10. The second-order valence-corrected chi connectivity index (χ2v) is 3.62. The fraction of sp³-hybridized carbons (Fsp3) is 0.250. The van der Waals surface area contributed by atoms with Crippen LogP contribution in [0.2, 0.25) is 0 Å². The molecular formula is C16H17FO. The zero-order valence-electron chi connectivity index (χ0n) is 10.9. The zero-order chi connectivity index (χ0) is 13.7. The Kier molecular flexibility index (Phi) is 4.74. The first-order valence-corrected chi connectivity index (χ1v) is 6.08. The van der Waals surface area contributed by atoms with Crippen molar-refractivity contribution in [2.45, 2.75) is 27.2 Å². The van der Waals surface area contributed by atoms with Gasteiger partial charge in [-0.3, -0.25) is 0 Å². The minimum atomic E-state index is -0.393. The van der Waals surface area contributed by atoms with Crippen molar-refractivity contribution in [2.75, 3.05) is 0 Å². The zero-order valence-corrected chi connectivity index (χ0v) is 10.9. The molecule has 1 N–H and O–H groups in total. The molecule has 2 aromatic carbocycles. The normalized spacial score (nSPS) is 9.50. The third kappa shape index (κ3) is 2.46. The number of phenols is 1. The summed E-state index contributed by atoms with van der Waals surface area (Å²) in [5, 5.41) is 11.0. The van der Waals surface area contributed by atoms with Crippen molar-refractivity contribution in [1.29, 1.82) is 0 Å². The molecule has 2 heteroatoms. The fourth-order valence-electron chi connectivity index (χ4n) is 1.93. The average Bonchev–Trinajstić information content (AvgIpc) is 2.40. The fourth-order valence-corrected chi connectivity index (χ4v) is 1.93. The van der Waals surface area contributed by atoms with Crippen molar-refractivity contribution in [3.8, 4) is 18.1 Å². The molecule has 0 unspecified atom stereocenters. The third-order valence-electron chi connectivity index (χ3n) is 2.66. The molecule has 0 bridgehead atoms. The van der Waals surface area contributed by atoms with Crippen LogP contribution >= 0.6 is 0 Å². The molecule has 0 aliphatic heterocycles. The van der Waals surface area contributed by atoms with Crippen LogP contribution in [0.15, 0.2) is 24.3 Å². The minimum Gasteiger partial charge on any atom is -0.508 e. The molecule has 0 atom stereocenters. The number of aryl methyl sites for hydroxylation is 1. The number of benzene rings is 2. The van der Waals surface area contributed by atoms with E-state index in [9.17, 15) is 9.50 Å². The van der Waals surface area contributed by atoms with Crippen molar-refractivity contribution in [2.24, 2.45) is 0 Å². The van der Waals surface area contributed by atoms with Crippen molar-refractivity contribution >= 4 is 10.8 Å². The molecular weight excluding hydrogens is 227 g/mol. The lowest BCUT2D eigenvalue weighted by molar-refractivity contribution is 0.475. The Hall–Kier alpha value is -2.01. The van der Waals surface area contributed by atoms with E-state index in [1.54, 1.807) is 18.2 Å². The summed E-state index contributed by atoms with van der Waals surface area (Å²) in [6, 6.07) is 6.18. The molecule has 0 heterocycles. The number of terminal acetylenes is 1. The summed E-state index contributed by atoms with van der Waals surface area (Å²) in [4.78, 5) is 0. The molecule has 18 heavy (non-hydrogen) atoms. The molecule has 0 amide bonds. The summed E-state index contributed by atoms with van der Waals surface area (Å²) in [5.41, 5.74) is 1.14. The van der Waals surface area contributed by atoms with Gasteiger partial charge in [-0.1, -0.05) is 32.8 Å². The highest BCUT2D eigenvalue weighted by molar-refractivity contribution is 5.92. The van der Waals surface area contributed by atoms with Gasteiger partial charge in [0.15, 0.2) is 0 Å². The standard InChI is InChI=1S/C14H11FO.C2H6/c1-3-9-7-11(16)8-10-5-6-13(15)12(4-2)14(9)10;1-2/h2,5-8,16H,3H2,1H3;1-2H3. The molecule has 2 rings (SSSR count). The van der Waals surface area contributed by atoms with Gasteiger partial charge in [-0.2, -0.15) is 0 Å². The van der Waals surface area contributed by atoms with Gasteiger partial charge in [-0.05, 0) is 35.6 Å². The second-order valence-electron chi connectivity index (χ2n) is 3.62. The highest BCUT2D eigenvalue weighted by Crippen LogP contribution is 2.29. The summed E-state index contributed by atoms with van der Waals surface area (Å²) in [6.45, 7) is 5.94. The Labute approximate surface area is 107 Å². The number of phenolic OH excluding ortho intramolecular Hbond substituents is 1. The summed E-state index contributed by atoms with van der Waals surface area (Å²) in [6.07, 6.45) is 6.02. The van der Waals surface area contributed by atoms with E-state index in [1.807, 2.05) is 20.8 Å². The summed E-state index contributed by atoms with van der Waals surface area (Å²) in [5.74, 6) is 2.16. The summed E-state index contributed by atoms with van der Waals surface area (Å²) in [7, 11) is 0. The van der Waals surface area contributed by atoms with E-state index >= 15 is 0 Å². The average molecular weight is 244 g/mol. The van der Waals surface area contributed by atoms with Crippen LogP contribution in [0.25, 0.3) is 10.8 Å². The van der Waals surface area contributed by atoms with E-state index in [0.29, 0.717) is 6.42 Å². The Balaban J connectivity index is 0.000000771. The molecule has 0 saturated heterocycles. The van der Waals surface area contributed by atoms with Crippen LogP contribution in [0.3, 0.4) is 0 Å². The molecule has 0 aliphatic rings. The van der Waals surface area contributed by atoms with E-state index in [-0.39, 0.29) is 11.3 Å². The van der Waals surface area contributed by atoms with Gasteiger partial charge in [-0.15, -0.1) is 6.42 Å². The molecule has 2 aromatic rings. The molecule has 0 radical (unpaired) electrons. The Morgan fingerprint density at radius 2 is 1.94 bits per heavy atom. The SMILES string of the molecule is C#Cc1c(F)ccc2cc(O)cc(CC)c12.CC. The first-order valence-electron chi connectivity index (χ1n) is 6.08. The summed E-state index contributed by atoms with van der Waals surface area (Å²) >= 11 is 0. The lowest BCUT2D eigenvalue weighted by atomic mass is 9.97. The number of rotatable bonds is 1. The second kappa shape index (κ2) is 6.07. The molecule has 0 saturated carbocycles. The Morgan fingerprint density at radius 3 is 2.50 bits per heavy atom. The Bertz CT molecular complexity index is 594. The monoisotopic (exact) mass is 244 g/mol. The first-order chi connectivity index (χ1) is 8.67. The lowest BCUT2D eigenvalue weighted by Gasteiger charge is -2.08. The van der Waals surface area contributed by atoms with Gasteiger partial charge in [0.25, 0.3) is 0 Å². The van der Waals surface area contributed by atoms with Crippen molar-refractivity contribution in [3.05, 3.63) is 41.2 Å². The van der Waals surface area contributed by atoms with Gasteiger partial charge in [0.05, 0.1) is 5.56 Å². The van der Waals surface area contributed by atoms with E-state index < -0.39 is 5.82 Å². The quantitative estimate of drug-likeness (QED) is 0.743. The topological polar surface area (TPSA) is 20.2 Å². The lowest BCUT2D eigenvalue weighted by Crippen LogP contribution is -1.91. The van der Waals surface area contributed by atoms with Gasteiger partial charge < -0.3 is 5.11 Å². The van der Waals surface area contributed by atoms with Crippen LogP contribution in [0.4, 0.5) is 4.39 Å². The Morgan fingerprint density at radius 1 is 1.28 bits per heavy atom. The predicted octanol–water partition coefficient (Wildman–Crippen LogP) is 4.25. The molecule has 1 nitrogen and oxygen atoms in total. The number of aromatic hydroxyl groups is 1. The van der Waals surface area contributed by atoms with E-state index in [0.717, 1.165) is 16.3 Å². The highest BCUT2D eigenvalue weighted by atomic mass is 19.1. The van der Waals surface area contributed by atoms with Crippen LogP contribution < -0.4 is 0 Å². The van der Waals surface area contributed by atoms with Crippen molar-refractivity contribution in [3.63, 3.8) is 0 Å². The molecule has 0 aliphatic carbocycles. The molecule has 94 valence electrons. The third-order valence-corrected chi connectivity index (χ3v) is 2.66. The molecule has 0 aromatic heterocycles. The van der Waals surface area contributed by atoms with Gasteiger partial charge in [-0.25, -0.2) is 4.39 Å². The number of hydrogen-bond donors (Lipinski definition) is 1. The van der Waals surface area contributed by atoms with Crippen molar-refractivity contribution < 1.29 is 9.50 Å². The number of halogens is 1. The van der Waals surface area contributed by atoms with Crippen LogP contribution in [0.5, 0.6) is 5.75 Å². The number of hydrogen-bond acceptors (Lipinski definition) is 1. The minimum absolute atomic E-state index is 0.180. The smallest absolute Gasteiger partial charge is 0.139 e. The van der Waals surface area contributed by atoms with Gasteiger partial charge >= 0.3 is 0 Å².